The maximum Gasteiger partial charge on any atom is 0.217 e. The molecule has 49 heavy (non-hydrogen) atoms. The van der Waals surface area contributed by atoms with E-state index in [9.17, 15) is 5.11 Å². The molecule has 0 atom stereocenters. The molecule has 8 rings (SSSR count). The van der Waals surface area contributed by atoms with Crippen molar-refractivity contribution in [1.82, 2.24) is 19.9 Å². The average molecular weight is 821 g/mol. The summed E-state index contributed by atoms with van der Waals surface area (Å²) in [5, 5.41) is 12.9. The van der Waals surface area contributed by atoms with E-state index in [0.29, 0.717) is 40.2 Å². The van der Waals surface area contributed by atoms with Crippen molar-refractivity contribution in [2.75, 3.05) is 0 Å². The fourth-order valence-corrected chi connectivity index (χ4v) is 6.29. The van der Waals surface area contributed by atoms with Crippen LogP contribution in [-0.4, -0.2) is 25.0 Å². The van der Waals surface area contributed by atoms with Gasteiger partial charge in [-0.1, -0.05) is 90.0 Å². The number of benzene rings is 5. The largest absolute Gasteiger partial charge is 0.507 e. The fourth-order valence-electron chi connectivity index (χ4n) is 6.29. The monoisotopic (exact) mass is 820 g/mol. The number of ether oxygens (including phenoxy) is 1. The minimum absolute atomic E-state index is 0. The van der Waals surface area contributed by atoms with E-state index < -0.39 is 0 Å². The molecule has 1 N–H and O–H groups in total. The van der Waals surface area contributed by atoms with Crippen LogP contribution in [0.15, 0.2) is 120 Å². The first-order valence-electron chi connectivity index (χ1n) is 15.6. The van der Waals surface area contributed by atoms with Crippen molar-refractivity contribution >= 4 is 21.9 Å². The molecule has 242 valence electrons. The minimum atomic E-state index is 0. The van der Waals surface area contributed by atoms with Crippen molar-refractivity contribution in [3.05, 3.63) is 138 Å². The van der Waals surface area contributed by atoms with E-state index in [1.807, 2.05) is 60.7 Å². The molecule has 0 aliphatic rings. The summed E-state index contributed by atoms with van der Waals surface area (Å²) in [4.78, 5) is 19.2. The van der Waals surface area contributed by atoms with Crippen LogP contribution in [0.4, 0.5) is 0 Å². The molecule has 0 fully saturated rings. The second-order valence-electron chi connectivity index (χ2n) is 11.8. The normalized spacial score (nSPS) is 11.1. The van der Waals surface area contributed by atoms with Crippen LogP contribution < -0.4 is 4.74 Å². The zero-order chi connectivity index (χ0) is 32.8. The molecule has 8 aromatic rings. The van der Waals surface area contributed by atoms with Crippen molar-refractivity contribution in [2.24, 2.45) is 0 Å². The van der Waals surface area contributed by atoms with Gasteiger partial charge in [-0.2, -0.15) is 0 Å². The van der Waals surface area contributed by atoms with Crippen LogP contribution >= 0.6 is 0 Å². The number of pyridine rings is 1. The van der Waals surface area contributed by atoms with Crippen molar-refractivity contribution < 1.29 is 35.3 Å². The Bertz CT molecular complexity index is 2470. The van der Waals surface area contributed by atoms with Gasteiger partial charge in [-0.15, -0.1) is 11.6 Å². The molecule has 8 heteroatoms. The molecule has 0 bridgehead atoms. The topological polar surface area (TPSA) is 94.2 Å². The molecule has 7 nitrogen and oxygen atoms in total. The first kappa shape index (κ1) is 31.9. The molecular formula is C41H29N4O3Pt-. The molecule has 3 aromatic heterocycles. The Balaban J connectivity index is 0.00000378. The van der Waals surface area contributed by atoms with Gasteiger partial charge in [-0.05, 0) is 56.2 Å². The number of aromatic hydroxyl groups is 1. The zero-order valence-electron chi connectivity index (χ0n) is 26.8. The van der Waals surface area contributed by atoms with Gasteiger partial charge in [-0.25, -0.2) is 9.97 Å². The SMILES string of the molecule is Cc1cc(C)c(-c2nc(-c3[c-]c(Oc4ccccn4)cc(-c4cccc5c4oc4ccccc45)c3)nc(-c3ccccc3O)n2)c(C)c1.[Pt]. The van der Waals surface area contributed by atoms with Gasteiger partial charge in [0.1, 0.15) is 16.9 Å². The number of rotatable bonds is 6. The van der Waals surface area contributed by atoms with E-state index in [2.05, 4.69) is 56.1 Å². The molecular weight excluding hydrogens is 792 g/mol. The molecule has 0 saturated heterocycles. The van der Waals surface area contributed by atoms with E-state index >= 15 is 0 Å². The van der Waals surface area contributed by atoms with Crippen molar-refractivity contribution in [2.45, 2.75) is 20.8 Å². The van der Waals surface area contributed by atoms with Crippen LogP contribution in [0, 0.1) is 26.8 Å². The first-order chi connectivity index (χ1) is 23.4. The van der Waals surface area contributed by atoms with Crippen LogP contribution in [0.1, 0.15) is 16.7 Å². The summed E-state index contributed by atoms with van der Waals surface area (Å²) in [6.07, 6.45) is 1.68. The molecule has 5 aromatic carbocycles. The summed E-state index contributed by atoms with van der Waals surface area (Å²) in [7, 11) is 0. The van der Waals surface area contributed by atoms with Crippen LogP contribution in [0.25, 0.3) is 67.2 Å². The summed E-state index contributed by atoms with van der Waals surface area (Å²) in [6, 6.07) is 38.2. The summed E-state index contributed by atoms with van der Waals surface area (Å²) < 4.78 is 12.7. The number of para-hydroxylation sites is 3. The van der Waals surface area contributed by atoms with Gasteiger partial charge in [0.05, 0.1) is 11.4 Å². The molecule has 0 radical (unpaired) electrons. The van der Waals surface area contributed by atoms with Crippen LogP contribution in [0.5, 0.6) is 17.4 Å². The Kier molecular flexibility index (Phi) is 8.53. The van der Waals surface area contributed by atoms with E-state index in [1.54, 1.807) is 30.5 Å². The zero-order valence-corrected chi connectivity index (χ0v) is 29.1. The second kappa shape index (κ2) is 13.1. The molecule has 3 heterocycles. The van der Waals surface area contributed by atoms with Gasteiger partial charge in [-0.3, -0.25) is 9.97 Å². The van der Waals surface area contributed by atoms with E-state index in [0.717, 1.165) is 55.3 Å². The molecule has 0 amide bonds. The Morgan fingerprint density at radius 3 is 2.16 bits per heavy atom. The number of aromatic nitrogens is 4. The third kappa shape index (κ3) is 6.10. The Morgan fingerprint density at radius 1 is 0.673 bits per heavy atom. The molecule has 0 unspecified atom stereocenters. The second-order valence-corrected chi connectivity index (χ2v) is 11.8. The predicted molar refractivity (Wildman–Crippen MR) is 188 cm³/mol. The molecule has 0 saturated carbocycles. The van der Waals surface area contributed by atoms with Gasteiger partial charge in [0.15, 0.2) is 11.6 Å². The first-order valence-corrected chi connectivity index (χ1v) is 15.6. The van der Waals surface area contributed by atoms with E-state index in [4.69, 9.17) is 24.1 Å². The number of aryl methyl sites for hydroxylation is 3. The quantitative estimate of drug-likeness (QED) is 0.167. The summed E-state index contributed by atoms with van der Waals surface area (Å²) in [6.45, 7) is 6.18. The van der Waals surface area contributed by atoms with Gasteiger partial charge in [0.25, 0.3) is 0 Å². The van der Waals surface area contributed by atoms with Gasteiger partial charge >= 0.3 is 0 Å². The number of hydrogen-bond acceptors (Lipinski definition) is 7. The Hall–Kier alpha value is -5.65. The summed E-state index contributed by atoms with van der Waals surface area (Å²) in [5.74, 6) is 2.16. The number of phenolic OH excluding ortho intramolecular Hbond substituents is 1. The Labute approximate surface area is 297 Å². The Morgan fingerprint density at radius 2 is 1.37 bits per heavy atom. The van der Waals surface area contributed by atoms with Crippen LogP contribution in [0.3, 0.4) is 0 Å². The van der Waals surface area contributed by atoms with Crippen molar-refractivity contribution in [3.8, 4) is 62.7 Å². The van der Waals surface area contributed by atoms with Crippen LogP contribution in [0.2, 0.25) is 0 Å². The van der Waals surface area contributed by atoms with E-state index in [1.165, 1.54) is 0 Å². The number of nitrogens with zero attached hydrogens (tertiary/aromatic N) is 4. The molecule has 0 aliphatic carbocycles. The average Bonchev–Trinajstić information content (AvgIpc) is 3.47. The maximum atomic E-state index is 10.8. The van der Waals surface area contributed by atoms with Gasteiger partial charge in [0.2, 0.25) is 5.88 Å². The van der Waals surface area contributed by atoms with E-state index in [-0.39, 0.29) is 26.8 Å². The molecule has 0 aliphatic heterocycles. The predicted octanol–water partition coefficient (Wildman–Crippen LogP) is 10.1. The smallest absolute Gasteiger partial charge is 0.217 e. The number of furan rings is 1. The third-order valence-electron chi connectivity index (χ3n) is 8.33. The third-order valence-corrected chi connectivity index (χ3v) is 8.33. The van der Waals surface area contributed by atoms with Gasteiger partial charge < -0.3 is 14.3 Å². The summed E-state index contributed by atoms with van der Waals surface area (Å²) >= 11 is 0. The summed E-state index contributed by atoms with van der Waals surface area (Å²) in [5.41, 5.74) is 8.51. The number of hydrogen-bond donors (Lipinski definition) is 1. The maximum absolute atomic E-state index is 10.8. The van der Waals surface area contributed by atoms with Crippen molar-refractivity contribution in [1.29, 1.82) is 0 Å². The standard InChI is InChI=1S/C41H29N4O3.Pt/c1-24-19-25(2)37(26(3)20-24)41-44-39(43-40(45-41)33-12-4-6-15-34(33)46)28-21-27(22-29(23-28)47-36-17-8-9-18-42-36)30-13-10-14-32-31-11-5-7-16-35(31)48-38(30)32;/h4-22,46H,1-3H3;/q-1;. The number of phenols is 1. The number of fused-ring (bicyclic) bond motifs is 3. The van der Waals surface area contributed by atoms with Crippen LogP contribution in [-0.2, 0) is 21.1 Å². The van der Waals surface area contributed by atoms with Crippen molar-refractivity contribution in [3.63, 3.8) is 0 Å². The van der Waals surface area contributed by atoms with Gasteiger partial charge in [0, 0.05) is 61.0 Å². The fraction of sp³-hybridized carbons (Fsp3) is 0.0732. The minimum Gasteiger partial charge on any atom is -0.507 e. The molecule has 0 spiro atoms.